The van der Waals surface area contributed by atoms with E-state index in [2.05, 4.69) is 57.4 Å². The minimum Gasteiger partial charge on any atom is -0.380 e. The average Bonchev–Trinajstić information content (AvgIpc) is 2.62. The molecule has 0 spiro atoms. The van der Waals surface area contributed by atoms with Crippen LogP contribution in [0.2, 0.25) is 0 Å². The van der Waals surface area contributed by atoms with Gasteiger partial charge < -0.3 is 5.32 Å². The van der Waals surface area contributed by atoms with Crippen molar-refractivity contribution in [3.8, 4) is 0 Å². The van der Waals surface area contributed by atoms with E-state index in [9.17, 15) is 0 Å². The summed E-state index contributed by atoms with van der Waals surface area (Å²) in [5.74, 6) is 0. The Morgan fingerprint density at radius 1 is 1.24 bits per heavy atom. The lowest BCUT2D eigenvalue weighted by atomic mass is 10.1. The van der Waals surface area contributed by atoms with E-state index in [4.69, 9.17) is 0 Å². The molecule has 0 radical (unpaired) electrons. The van der Waals surface area contributed by atoms with E-state index in [1.165, 1.54) is 22.4 Å². The van der Waals surface area contributed by atoms with Gasteiger partial charge in [0, 0.05) is 28.0 Å². The Kier molecular flexibility index (Phi) is 3.52. The van der Waals surface area contributed by atoms with Gasteiger partial charge in [-0.05, 0) is 44.0 Å². The highest BCUT2D eigenvalue weighted by atomic mass is 79.9. The molecule has 0 bridgehead atoms. The molecule has 0 saturated carbocycles. The van der Waals surface area contributed by atoms with E-state index >= 15 is 0 Å². The molecule has 0 saturated heterocycles. The van der Waals surface area contributed by atoms with Gasteiger partial charge in [-0.15, -0.1) is 0 Å². The summed E-state index contributed by atoms with van der Waals surface area (Å²) in [6.07, 6.45) is 1.87. The maximum Gasteiger partial charge on any atom is 0.0539 e. The van der Waals surface area contributed by atoms with Crippen LogP contribution in [-0.2, 0) is 6.54 Å². The number of hydrogen-bond donors (Lipinski definition) is 2. The maximum absolute atomic E-state index is 4.02. The molecule has 2 aromatic rings. The molecule has 1 heterocycles. The Morgan fingerprint density at radius 3 is 2.41 bits per heavy atom. The SMILES string of the molecule is Cc1cc(Br)cc(C)c1NCc1cn[nH]c1C. The molecule has 2 N–H and O–H groups in total. The molecule has 0 aliphatic heterocycles. The van der Waals surface area contributed by atoms with Crippen molar-refractivity contribution in [3.63, 3.8) is 0 Å². The summed E-state index contributed by atoms with van der Waals surface area (Å²) in [6, 6.07) is 4.25. The van der Waals surface area contributed by atoms with Crippen molar-refractivity contribution >= 4 is 21.6 Å². The molecule has 0 atom stereocenters. The number of nitrogens with one attached hydrogen (secondary N) is 2. The molecule has 0 fully saturated rings. The van der Waals surface area contributed by atoms with Gasteiger partial charge in [0.25, 0.3) is 0 Å². The van der Waals surface area contributed by atoms with Gasteiger partial charge in [0.2, 0.25) is 0 Å². The van der Waals surface area contributed by atoms with E-state index in [-0.39, 0.29) is 0 Å². The van der Waals surface area contributed by atoms with Gasteiger partial charge in [-0.25, -0.2) is 0 Å². The first-order valence-corrected chi connectivity index (χ1v) is 6.36. The molecular weight excluding hydrogens is 278 g/mol. The predicted octanol–water partition coefficient (Wildman–Crippen LogP) is 3.71. The summed E-state index contributed by atoms with van der Waals surface area (Å²) in [4.78, 5) is 0. The number of benzene rings is 1. The van der Waals surface area contributed by atoms with Crippen molar-refractivity contribution < 1.29 is 0 Å². The van der Waals surface area contributed by atoms with Crippen LogP contribution in [0.4, 0.5) is 5.69 Å². The highest BCUT2D eigenvalue weighted by Crippen LogP contribution is 2.25. The summed E-state index contributed by atoms with van der Waals surface area (Å²) in [5, 5.41) is 10.4. The molecule has 0 unspecified atom stereocenters. The first-order chi connectivity index (χ1) is 8.08. The summed E-state index contributed by atoms with van der Waals surface area (Å²) in [6.45, 7) is 7.06. The third-order valence-electron chi connectivity index (χ3n) is 2.89. The zero-order chi connectivity index (χ0) is 12.4. The number of aryl methyl sites for hydroxylation is 3. The van der Waals surface area contributed by atoms with Crippen LogP contribution in [0.25, 0.3) is 0 Å². The fourth-order valence-corrected chi connectivity index (χ4v) is 2.61. The van der Waals surface area contributed by atoms with Crippen LogP contribution >= 0.6 is 15.9 Å². The fraction of sp³-hybridized carbons (Fsp3) is 0.308. The quantitative estimate of drug-likeness (QED) is 0.906. The second-order valence-corrected chi connectivity index (χ2v) is 5.20. The van der Waals surface area contributed by atoms with Gasteiger partial charge in [-0.1, -0.05) is 15.9 Å². The molecule has 1 aromatic heterocycles. The van der Waals surface area contributed by atoms with Crippen LogP contribution in [0.5, 0.6) is 0 Å². The van der Waals surface area contributed by atoms with E-state index in [1.54, 1.807) is 0 Å². The smallest absolute Gasteiger partial charge is 0.0539 e. The van der Waals surface area contributed by atoms with Gasteiger partial charge in [-0.2, -0.15) is 5.10 Å². The molecule has 17 heavy (non-hydrogen) atoms. The number of nitrogens with zero attached hydrogens (tertiary/aromatic N) is 1. The minimum atomic E-state index is 0.797. The zero-order valence-corrected chi connectivity index (χ0v) is 11.9. The van der Waals surface area contributed by atoms with E-state index < -0.39 is 0 Å². The third-order valence-corrected chi connectivity index (χ3v) is 3.35. The van der Waals surface area contributed by atoms with Gasteiger partial charge in [-0.3, -0.25) is 5.10 Å². The van der Waals surface area contributed by atoms with Gasteiger partial charge >= 0.3 is 0 Å². The molecule has 90 valence electrons. The number of H-pyrrole nitrogens is 1. The van der Waals surface area contributed by atoms with Crippen molar-refractivity contribution in [2.75, 3.05) is 5.32 Å². The monoisotopic (exact) mass is 293 g/mol. The summed E-state index contributed by atoms with van der Waals surface area (Å²) < 4.78 is 1.12. The molecule has 3 nitrogen and oxygen atoms in total. The van der Waals surface area contributed by atoms with Gasteiger partial charge in [0.15, 0.2) is 0 Å². The summed E-state index contributed by atoms with van der Waals surface area (Å²) >= 11 is 3.51. The summed E-state index contributed by atoms with van der Waals surface area (Å²) in [7, 11) is 0. The number of aromatic amines is 1. The molecule has 0 aliphatic rings. The Balaban J connectivity index is 2.17. The molecular formula is C13H16BrN3. The largest absolute Gasteiger partial charge is 0.380 e. The highest BCUT2D eigenvalue weighted by molar-refractivity contribution is 9.10. The maximum atomic E-state index is 4.02. The van der Waals surface area contributed by atoms with Gasteiger partial charge in [0.05, 0.1) is 6.20 Å². The Morgan fingerprint density at radius 2 is 1.88 bits per heavy atom. The lowest BCUT2D eigenvalue weighted by Crippen LogP contribution is -2.03. The second kappa shape index (κ2) is 4.92. The number of anilines is 1. The topological polar surface area (TPSA) is 40.7 Å². The first-order valence-electron chi connectivity index (χ1n) is 5.57. The fourth-order valence-electron chi connectivity index (χ4n) is 1.93. The molecule has 1 aromatic carbocycles. The molecule has 0 amide bonds. The Bertz CT molecular complexity index is 508. The van der Waals surface area contributed by atoms with Crippen LogP contribution in [0.3, 0.4) is 0 Å². The van der Waals surface area contributed by atoms with Crippen molar-refractivity contribution in [3.05, 3.63) is 45.2 Å². The van der Waals surface area contributed by atoms with Crippen LogP contribution in [-0.4, -0.2) is 10.2 Å². The van der Waals surface area contributed by atoms with E-state index in [1.807, 2.05) is 13.1 Å². The lowest BCUT2D eigenvalue weighted by Gasteiger charge is -2.13. The van der Waals surface area contributed by atoms with Crippen molar-refractivity contribution in [1.29, 1.82) is 0 Å². The molecule has 0 aliphatic carbocycles. The van der Waals surface area contributed by atoms with E-state index in [0.717, 1.165) is 16.7 Å². The third kappa shape index (κ3) is 2.69. The normalized spacial score (nSPS) is 10.6. The Hall–Kier alpha value is -1.29. The first kappa shape index (κ1) is 12.2. The standard InChI is InChI=1S/C13H16BrN3/c1-8-4-12(14)5-9(2)13(8)15-6-11-7-16-17-10(11)3/h4-5,7,15H,6H2,1-3H3,(H,16,17). The van der Waals surface area contributed by atoms with Crippen LogP contribution in [0.15, 0.2) is 22.8 Å². The minimum absolute atomic E-state index is 0.797. The second-order valence-electron chi connectivity index (χ2n) is 4.29. The molecule has 2 rings (SSSR count). The number of hydrogen-bond acceptors (Lipinski definition) is 2. The predicted molar refractivity (Wildman–Crippen MR) is 74.3 cm³/mol. The van der Waals surface area contributed by atoms with E-state index in [0.29, 0.717) is 0 Å². The van der Waals surface area contributed by atoms with Crippen LogP contribution in [0, 0.1) is 20.8 Å². The number of halogens is 1. The number of aromatic nitrogens is 2. The summed E-state index contributed by atoms with van der Waals surface area (Å²) in [5.41, 5.74) is 6.02. The van der Waals surface area contributed by atoms with Crippen molar-refractivity contribution in [2.45, 2.75) is 27.3 Å². The molecule has 4 heteroatoms. The van der Waals surface area contributed by atoms with Crippen LogP contribution < -0.4 is 5.32 Å². The van der Waals surface area contributed by atoms with Crippen molar-refractivity contribution in [1.82, 2.24) is 10.2 Å². The highest BCUT2D eigenvalue weighted by Gasteiger charge is 2.05. The zero-order valence-electron chi connectivity index (χ0n) is 10.3. The lowest BCUT2D eigenvalue weighted by molar-refractivity contribution is 1.04. The van der Waals surface area contributed by atoms with Crippen LogP contribution in [0.1, 0.15) is 22.4 Å². The Labute approximate surface area is 110 Å². The number of rotatable bonds is 3. The average molecular weight is 294 g/mol. The van der Waals surface area contributed by atoms with Gasteiger partial charge in [0.1, 0.15) is 0 Å². The van der Waals surface area contributed by atoms with Crippen molar-refractivity contribution in [2.24, 2.45) is 0 Å².